The maximum absolute atomic E-state index is 13.0. The predicted octanol–water partition coefficient (Wildman–Crippen LogP) is 2.01. The minimum absolute atomic E-state index is 0.000511. The first-order valence-corrected chi connectivity index (χ1v) is 10.8. The zero-order valence-electron chi connectivity index (χ0n) is 16.1. The highest BCUT2D eigenvalue weighted by Crippen LogP contribution is 2.29. The molecule has 3 N–H and O–H groups in total. The molecule has 2 aromatic rings. The highest BCUT2D eigenvalue weighted by molar-refractivity contribution is 7.13. The van der Waals surface area contributed by atoms with Crippen LogP contribution in [0.15, 0.2) is 29.8 Å². The summed E-state index contributed by atoms with van der Waals surface area (Å²) >= 11 is 1.25. The van der Waals surface area contributed by atoms with Gasteiger partial charge in [-0.25, -0.2) is 4.98 Å². The quantitative estimate of drug-likeness (QED) is 0.790. The van der Waals surface area contributed by atoms with Crippen molar-refractivity contribution in [1.29, 1.82) is 0 Å². The van der Waals surface area contributed by atoms with Gasteiger partial charge in [0.1, 0.15) is 11.8 Å². The van der Waals surface area contributed by atoms with Gasteiger partial charge in [-0.1, -0.05) is 6.07 Å². The summed E-state index contributed by atoms with van der Waals surface area (Å²) in [6, 6.07) is 5.81. The molecule has 2 aromatic heterocycles. The number of rotatable bonds is 4. The second-order valence-electron chi connectivity index (χ2n) is 7.49. The number of morpholine rings is 1. The maximum atomic E-state index is 13.0. The summed E-state index contributed by atoms with van der Waals surface area (Å²) in [7, 11) is 0. The molecule has 0 aromatic carbocycles. The molecule has 154 valence electrons. The average molecular weight is 416 g/mol. The smallest absolute Gasteiger partial charge is 0.271 e. The Bertz CT molecular complexity index is 851. The Labute approximate surface area is 173 Å². The fraction of sp³-hybridized carbons (Fsp3) is 0.500. The third-order valence-electron chi connectivity index (χ3n) is 5.56. The molecule has 3 heterocycles. The number of carbonyl (C=O) groups excluding carboxylic acids is 2. The summed E-state index contributed by atoms with van der Waals surface area (Å²) in [6.07, 6.45) is 4.69. The third kappa shape index (κ3) is 4.73. The first kappa shape index (κ1) is 19.8. The van der Waals surface area contributed by atoms with Crippen LogP contribution >= 0.6 is 11.3 Å². The Morgan fingerprint density at radius 3 is 2.76 bits per heavy atom. The molecule has 1 atom stereocenters. The normalized spacial score (nSPS) is 24.8. The molecule has 0 spiro atoms. The highest BCUT2D eigenvalue weighted by atomic mass is 32.1. The number of aromatic nitrogens is 2. The minimum Gasteiger partial charge on any atom is -0.375 e. The van der Waals surface area contributed by atoms with E-state index in [2.05, 4.69) is 15.3 Å². The van der Waals surface area contributed by atoms with E-state index in [4.69, 9.17) is 10.5 Å². The highest BCUT2D eigenvalue weighted by Gasteiger charge is 2.33. The molecule has 1 saturated carbocycles. The van der Waals surface area contributed by atoms with Crippen molar-refractivity contribution in [2.24, 2.45) is 5.92 Å². The molecule has 1 saturated heterocycles. The van der Waals surface area contributed by atoms with Crippen LogP contribution in [-0.4, -0.2) is 52.4 Å². The van der Waals surface area contributed by atoms with Gasteiger partial charge in [-0.05, 0) is 37.8 Å². The van der Waals surface area contributed by atoms with Crippen molar-refractivity contribution in [1.82, 2.24) is 20.2 Å². The second-order valence-corrected chi connectivity index (χ2v) is 8.38. The molecule has 8 nitrogen and oxygen atoms in total. The van der Waals surface area contributed by atoms with E-state index in [1.54, 1.807) is 11.6 Å². The Morgan fingerprint density at radius 1 is 1.24 bits per heavy atom. The number of pyridine rings is 1. The molecule has 0 bridgehead atoms. The van der Waals surface area contributed by atoms with E-state index < -0.39 is 0 Å². The van der Waals surface area contributed by atoms with E-state index in [1.165, 1.54) is 11.3 Å². The summed E-state index contributed by atoms with van der Waals surface area (Å²) in [5.74, 6) is -0.00839. The van der Waals surface area contributed by atoms with E-state index in [9.17, 15) is 9.59 Å². The number of ether oxygens (including phenoxy) is 1. The number of amides is 2. The molecule has 2 amide bonds. The van der Waals surface area contributed by atoms with Crippen molar-refractivity contribution in [2.75, 3.05) is 25.4 Å². The summed E-state index contributed by atoms with van der Waals surface area (Å²) in [5.41, 5.74) is 6.81. The molecule has 0 radical (unpaired) electrons. The topological polar surface area (TPSA) is 110 Å². The first-order chi connectivity index (χ1) is 14.1. The Kier molecular flexibility index (Phi) is 6.05. The largest absolute Gasteiger partial charge is 0.375 e. The molecule has 4 rings (SSSR count). The molecule has 2 fully saturated rings. The minimum atomic E-state index is -0.195. The number of anilines is 1. The second kappa shape index (κ2) is 8.87. The van der Waals surface area contributed by atoms with E-state index in [0.29, 0.717) is 30.5 Å². The van der Waals surface area contributed by atoms with Gasteiger partial charge in [0.25, 0.3) is 5.91 Å². The van der Waals surface area contributed by atoms with Gasteiger partial charge in [0.05, 0.1) is 18.8 Å². The van der Waals surface area contributed by atoms with Gasteiger partial charge in [0.2, 0.25) is 5.91 Å². The lowest BCUT2D eigenvalue weighted by Gasteiger charge is -2.36. The Morgan fingerprint density at radius 2 is 2.07 bits per heavy atom. The fourth-order valence-corrected chi connectivity index (χ4v) is 4.53. The van der Waals surface area contributed by atoms with Crippen LogP contribution in [0.4, 0.5) is 5.13 Å². The molecular weight excluding hydrogens is 390 g/mol. The SMILES string of the molecule is Nc1nc(C(=O)NC2CCC(C(=O)N3CCOC(c4ccccn4)C3)CC2)cs1. The van der Waals surface area contributed by atoms with E-state index >= 15 is 0 Å². The number of nitrogens with two attached hydrogens (primary N) is 1. The number of carbonyl (C=O) groups is 2. The van der Waals surface area contributed by atoms with Gasteiger partial charge in [0, 0.05) is 30.1 Å². The molecule has 1 aliphatic carbocycles. The summed E-state index contributed by atoms with van der Waals surface area (Å²) in [6.45, 7) is 1.68. The van der Waals surface area contributed by atoms with Crippen LogP contribution in [0.1, 0.15) is 48.0 Å². The summed E-state index contributed by atoms with van der Waals surface area (Å²) in [4.78, 5) is 35.5. The molecule has 9 heteroatoms. The van der Waals surface area contributed by atoms with Crippen molar-refractivity contribution in [3.63, 3.8) is 0 Å². The number of nitrogens with zero attached hydrogens (tertiary/aromatic N) is 3. The van der Waals surface area contributed by atoms with E-state index in [1.807, 2.05) is 23.1 Å². The van der Waals surface area contributed by atoms with Crippen molar-refractivity contribution in [2.45, 2.75) is 37.8 Å². The van der Waals surface area contributed by atoms with Gasteiger partial charge in [-0.2, -0.15) is 0 Å². The first-order valence-electron chi connectivity index (χ1n) is 9.93. The monoisotopic (exact) mass is 415 g/mol. The van der Waals surface area contributed by atoms with Crippen molar-refractivity contribution in [3.05, 3.63) is 41.2 Å². The lowest BCUT2D eigenvalue weighted by molar-refractivity contribution is -0.144. The van der Waals surface area contributed by atoms with Crippen LogP contribution in [0.3, 0.4) is 0 Å². The molecular formula is C20H25N5O3S. The van der Waals surface area contributed by atoms with Crippen molar-refractivity contribution in [3.8, 4) is 0 Å². The van der Waals surface area contributed by atoms with Crippen LogP contribution in [-0.2, 0) is 9.53 Å². The van der Waals surface area contributed by atoms with Crippen molar-refractivity contribution < 1.29 is 14.3 Å². The van der Waals surface area contributed by atoms with Gasteiger partial charge in [-0.15, -0.1) is 11.3 Å². The van der Waals surface area contributed by atoms with E-state index in [0.717, 1.165) is 31.4 Å². The lowest BCUT2D eigenvalue weighted by atomic mass is 9.85. The molecule has 1 unspecified atom stereocenters. The van der Waals surface area contributed by atoms with Gasteiger partial charge < -0.3 is 20.7 Å². The standard InChI is InChI=1S/C20H25N5O3S/c21-20-24-16(12-29-20)18(26)23-14-6-4-13(5-7-14)19(27)25-9-10-28-17(11-25)15-3-1-2-8-22-15/h1-3,8,12-14,17H,4-7,9-11H2,(H2,21,24)(H,23,26). The zero-order valence-corrected chi connectivity index (χ0v) is 16.9. The van der Waals surface area contributed by atoms with Crippen molar-refractivity contribution >= 4 is 28.3 Å². The summed E-state index contributed by atoms with van der Waals surface area (Å²) < 4.78 is 5.82. The maximum Gasteiger partial charge on any atom is 0.271 e. The molecule has 2 aliphatic rings. The van der Waals surface area contributed by atoms with E-state index in [-0.39, 0.29) is 29.9 Å². The third-order valence-corrected chi connectivity index (χ3v) is 6.24. The van der Waals surface area contributed by atoms with Crippen LogP contribution < -0.4 is 11.1 Å². The van der Waals surface area contributed by atoms with Gasteiger partial charge in [-0.3, -0.25) is 14.6 Å². The number of thiazole rings is 1. The number of hydrogen-bond acceptors (Lipinski definition) is 7. The van der Waals surface area contributed by atoms with Gasteiger partial charge >= 0.3 is 0 Å². The van der Waals surface area contributed by atoms with Gasteiger partial charge in [0.15, 0.2) is 5.13 Å². The molecule has 29 heavy (non-hydrogen) atoms. The van der Waals surface area contributed by atoms with Crippen LogP contribution in [0.25, 0.3) is 0 Å². The van der Waals surface area contributed by atoms with Crippen LogP contribution in [0.2, 0.25) is 0 Å². The summed E-state index contributed by atoms with van der Waals surface area (Å²) in [5, 5.41) is 5.06. The van der Waals surface area contributed by atoms with Crippen LogP contribution in [0, 0.1) is 5.92 Å². The number of nitrogens with one attached hydrogen (secondary N) is 1. The lowest BCUT2D eigenvalue weighted by Crippen LogP contribution is -2.47. The molecule has 1 aliphatic heterocycles. The number of nitrogen functional groups attached to an aromatic ring is 1. The Hall–Kier alpha value is -2.52. The predicted molar refractivity (Wildman–Crippen MR) is 109 cm³/mol. The Balaban J connectivity index is 1.28. The average Bonchev–Trinajstić information content (AvgIpc) is 3.21. The van der Waals surface area contributed by atoms with Crippen LogP contribution in [0.5, 0.6) is 0 Å². The zero-order chi connectivity index (χ0) is 20.2. The fourth-order valence-electron chi connectivity index (χ4n) is 3.99. The number of hydrogen-bond donors (Lipinski definition) is 2.